The van der Waals surface area contributed by atoms with E-state index in [0.29, 0.717) is 22.0 Å². The van der Waals surface area contributed by atoms with Crippen molar-refractivity contribution in [2.75, 3.05) is 0 Å². The first-order valence-corrected chi connectivity index (χ1v) is 12.2. The van der Waals surface area contributed by atoms with Gasteiger partial charge in [0.15, 0.2) is 4.77 Å². The quantitative estimate of drug-likeness (QED) is 0.486. The van der Waals surface area contributed by atoms with E-state index in [1.165, 1.54) is 12.1 Å². The maximum Gasteiger partial charge on any atom is 0.241 e. The van der Waals surface area contributed by atoms with Gasteiger partial charge in [-0.15, -0.1) is 0 Å². The number of benzene rings is 2. The van der Waals surface area contributed by atoms with E-state index in [9.17, 15) is 8.42 Å². The number of H-pyrrole nitrogens is 1. The molecule has 9 heteroatoms. The molecule has 0 radical (unpaired) electrons. The van der Waals surface area contributed by atoms with Crippen LogP contribution in [0.1, 0.15) is 49.2 Å². The molecular formula is C21H23ClN4O2S2. The van der Waals surface area contributed by atoms with Gasteiger partial charge in [-0.1, -0.05) is 54.8 Å². The van der Waals surface area contributed by atoms with Crippen molar-refractivity contribution in [1.82, 2.24) is 19.5 Å². The van der Waals surface area contributed by atoms with Crippen LogP contribution in [-0.2, 0) is 16.4 Å². The highest BCUT2D eigenvalue weighted by Gasteiger charge is 2.29. The molecule has 2 N–H and O–H groups in total. The smallest absolute Gasteiger partial charge is 0.241 e. The van der Waals surface area contributed by atoms with Gasteiger partial charge in [-0.2, -0.15) is 5.10 Å². The number of sulfonamides is 1. The minimum atomic E-state index is -3.79. The molecule has 1 saturated carbocycles. The van der Waals surface area contributed by atoms with Gasteiger partial charge in [-0.25, -0.2) is 13.1 Å². The molecule has 0 bridgehead atoms. The maximum atomic E-state index is 13.1. The van der Waals surface area contributed by atoms with Crippen LogP contribution in [0.25, 0.3) is 0 Å². The van der Waals surface area contributed by atoms with Gasteiger partial charge in [0.05, 0.1) is 10.9 Å². The maximum absolute atomic E-state index is 13.1. The largest absolute Gasteiger partial charge is 0.300 e. The summed E-state index contributed by atoms with van der Waals surface area (Å²) in [5, 5.41) is 7.81. The summed E-state index contributed by atoms with van der Waals surface area (Å²) >= 11 is 11.4. The van der Waals surface area contributed by atoms with Gasteiger partial charge in [0.2, 0.25) is 10.0 Å². The number of rotatable bonds is 7. The number of aromatic nitrogens is 3. The van der Waals surface area contributed by atoms with Crippen LogP contribution in [0, 0.1) is 4.77 Å². The fraction of sp³-hybridized carbons (Fsp3) is 0.333. The lowest BCUT2D eigenvalue weighted by Crippen LogP contribution is -2.32. The van der Waals surface area contributed by atoms with E-state index < -0.39 is 16.1 Å². The lowest BCUT2D eigenvalue weighted by molar-refractivity contribution is 0.456. The number of aromatic amines is 1. The number of hydrogen-bond donors (Lipinski definition) is 2. The van der Waals surface area contributed by atoms with E-state index in [1.807, 2.05) is 34.9 Å². The topological polar surface area (TPSA) is 79.8 Å². The van der Waals surface area contributed by atoms with Crippen LogP contribution in [0.3, 0.4) is 0 Å². The van der Waals surface area contributed by atoms with Crippen molar-refractivity contribution in [3.63, 3.8) is 0 Å². The first-order chi connectivity index (χ1) is 14.4. The van der Waals surface area contributed by atoms with Gasteiger partial charge in [0, 0.05) is 11.1 Å². The average Bonchev–Trinajstić information content (AvgIpc) is 3.38. The zero-order valence-electron chi connectivity index (χ0n) is 16.3. The first kappa shape index (κ1) is 21.2. The van der Waals surface area contributed by atoms with Crippen LogP contribution >= 0.6 is 23.8 Å². The fourth-order valence-corrected chi connectivity index (χ4v) is 5.59. The minimum Gasteiger partial charge on any atom is -0.300 e. The molecule has 0 saturated heterocycles. The van der Waals surface area contributed by atoms with Gasteiger partial charge in [-0.05, 0) is 61.3 Å². The van der Waals surface area contributed by atoms with E-state index in [2.05, 4.69) is 14.9 Å². The van der Waals surface area contributed by atoms with Crippen molar-refractivity contribution in [2.24, 2.45) is 0 Å². The molecule has 4 rings (SSSR count). The van der Waals surface area contributed by atoms with E-state index in [-0.39, 0.29) is 10.9 Å². The van der Waals surface area contributed by atoms with Crippen molar-refractivity contribution in [2.45, 2.75) is 49.1 Å². The Hall–Kier alpha value is -2.00. The molecular weight excluding hydrogens is 440 g/mol. The average molecular weight is 463 g/mol. The predicted octanol–water partition coefficient (Wildman–Crippen LogP) is 4.97. The lowest BCUT2D eigenvalue weighted by Gasteiger charge is -2.22. The van der Waals surface area contributed by atoms with Gasteiger partial charge in [0.1, 0.15) is 5.82 Å². The molecule has 2 aromatic carbocycles. The highest BCUT2D eigenvalue weighted by Crippen LogP contribution is 2.33. The number of nitrogens with one attached hydrogen (secondary N) is 2. The molecule has 0 aliphatic heterocycles. The summed E-state index contributed by atoms with van der Waals surface area (Å²) in [4.78, 5) is 0.159. The normalized spacial score (nSPS) is 16.0. The summed E-state index contributed by atoms with van der Waals surface area (Å²) in [5.41, 5.74) is 1.01. The third-order valence-corrected chi connectivity index (χ3v) is 7.46. The molecule has 0 amide bonds. The summed E-state index contributed by atoms with van der Waals surface area (Å²) in [7, 11) is -3.79. The highest BCUT2D eigenvalue weighted by molar-refractivity contribution is 7.89. The molecule has 158 valence electrons. The van der Waals surface area contributed by atoms with Crippen LogP contribution in [0.15, 0.2) is 59.5 Å². The zero-order chi connectivity index (χ0) is 21.1. The molecule has 1 aliphatic rings. The van der Waals surface area contributed by atoms with Gasteiger partial charge >= 0.3 is 0 Å². The second-order valence-corrected chi connectivity index (χ2v) is 10.0. The molecule has 1 atom stereocenters. The Bertz CT molecular complexity index is 1150. The molecule has 1 aliphatic carbocycles. The Balaban J connectivity index is 1.72. The molecule has 3 aromatic rings. The van der Waals surface area contributed by atoms with Crippen LogP contribution in [0.5, 0.6) is 0 Å². The van der Waals surface area contributed by atoms with Crippen molar-refractivity contribution < 1.29 is 8.42 Å². The molecule has 1 fully saturated rings. The third kappa shape index (κ3) is 4.67. The number of nitrogens with zero attached hydrogens (tertiary/aromatic N) is 2. The standard InChI is InChI=1S/C21H23ClN4O2S2/c22-16-10-12-18(13-11-16)30(27,28)25-19(14-15-6-2-1-3-7-15)20-23-24-21(29)26(20)17-8-4-5-9-17/h1-3,6-7,10-13,17,19,25H,4-5,8-9,14H2,(H,24,29)/t19-/m1/s1. The zero-order valence-corrected chi connectivity index (χ0v) is 18.7. The second-order valence-electron chi connectivity index (χ2n) is 7.51. The number of halogens is 1. The third-order valence-electron chi connectivity index (χ3n) is 5.44. The monoisotopic (exact) mass is 462 g/mol. The van der Waals surface area contributed by atoms with Crippen molar-refractivity contribution >= 4 is 33.8 Å². The van der Waals surface area contributed by atoms with Gasteiger partial charge in [0.25, 0.3) is 0 Å². The molecule has 30 heavy (non-hydrogen) atoms. The Labute approximate surface area is 186 Å². The van der Waals surface area contributed by atoms with Crippen LogP contribution in [0.4, 0.5) is 0 Å². The molecule has 1 aromatic heterocycles. The van der Waals surface area contributed by atoms with Gasteiger partial charge < -0.3 is 0 Å². The molecule has 0 spiro atoms. The Morgan fingerprint density at radius 2 is 1.80 bits per heavy atom. The summed E-state index contributed by atoms with van der Waals surface area (Å²) in [6, 6.07) is 15.6. The van der Waals surface area contributed by atoms with Crippen molar-refractivity contribution in [3.8, 4) is 0 Å². The molecule has 6 nitrogen and oxygen atoms in total. The summed E-state index contributed by atoms with van der Waals surface area (Å²) in [6.45, 7) is 0. The Kier molecular flexibility index (Phi) is 6.38. The van der Waals surface area contributed by atoms with E-state index in [0.717, 1.165) is 31.2 Å². The van der Waals surface area contributed by atoms with E-state index in [4.69, 9.17) is 23.8 Å². The molecule has 0 unspecified atom stereocenters. The molecule has 1 heterocycles. The van der Waals surface area contributed by atoms with Crippen LogP contribution in [0.2, 0.25) is 5.02 Å². The van der Waals surface area contributed by atoms with E-state index >= 15 is 0 Å². The Morgan fingerprint density at radius 1 is 1.13 bits per heavy atom. The minimum absolute atomic E-state index is 0.159. The summed E-state index contributed by atoms with van der Waals surface area (Å²) in [5.74, 6) is 0.619. The van der Waals surface area contributed by atoms with Crippen molar-refractivity contribution in [3.05, 3.63) is 75.8 Å². The van der Waals surface area contributed by atoms with Crippen molar-refractivity contribution in [1.29, 1.82) is 0 Å². The van der Waals surface area contributed by atoms with Gasteiger partial charge in [-0.3, -0.25) is 9.67 Å². The first-order valence-electron chi connectivity index (χ1n) is 9.93. The summed E-state index contributed by atoms with van der Waals surface area (Å²) < 4.78 is 31.6. The van der Waals surface area contributed by atoms with Crippen LogP contribution in [-0.4, -0.2) is 23.2 Å². The predicted molar refractivity (Wildman–Crippen MR) is 120 cm³/mol. The summed E-state index contributed by atoms with van der Waals surface area (Å²) in [6.07, 6.45) is 4.76. The van der Waals surface area contributed by atoms with E-state index in [1.54, 1.807) is 12.1 Å². The highest BCUT2D eigenvalue weighted by atomic mass is 35.5. The lowest BCUT2D eigenvalue weighted by atomic mass is 10.1. The second kappa shape index (κ2) is 9.01. The number of hydrogen-bond acceptors (Lipinski definition) is 4. The van der Waals surface area contributed by atoms with Crippen LogP contribution < -0.4 is 4.72 Å². The fourth-order valence-electron chi connectivity index (χ4n) is 3.98. The SMILES string of the molecule is O=S(=O)(N[C@H](Cc1ccccc1)c1n[nH]c(=S)n1C1CCCC1)c1ccc(Cl)cc1. The Morgan fingerprint density at radius 3 is 2.47 bits per heavy atom.